The van der Waals surface area contributed by atoms with Crippen LogP contribution < -0.4 is 9.46 Å². The Morgan fingerprint density at radius 1 is 1.40 bits per heavy atom. The number of hydrogen-bond acceptors (Lipinski definition) is 4. The standard InChI is InChI=1S/C14H23NO4S/c1-11(10-16)5-4-8-15-20(17,18)13-6-7-14(19-3)12(2)9-13/h6-7,9,11,15-16H,4-5,8,10H2,1-3H3. The molecular formula is C14H23NO4S. The van der Waals surface area contributed by atoms with Crippen LogP contribution in [-0.4, -0.2) is 33.8 Å². The van der Waals surface area contributed by atoms with Crippen molar-refractivity contribution >= 4 is 10.0 Å². The van der Waals surface area contributed by atoms with E-state index in [1.54, 1.807) is 26.2 Å². The van der Waals surface area contributed by atoms with Gasteiger partial charge in [-0.05, 0) is 49.4 Å². The van der Waals surface area contributed by atoms with E-state index in [4.69, 9.17) is 9.84 Å². The molecular weight excluding hydrogens is 278 g/mol. The lowest BCUT2D eigenvalue weighted by Crippen LogP contribution is -2.25. The maximum atomic E-state index is 12.1. The topological polar surface area (TPSA) is 75.6 Å². The SMILES string of the molecule is COc1ccc(S(=O)(=O)NCCCC(C)CO)cc1C. The van der Waals surface area contributed by atoms with Gasteiger partial charge in [0.2, 0.25) is 10.0 Å². The molecule has 0 radical (unpaired) electrons. The molecule has 0 fully saturated rings. The van der Waals surface area contributed by atoms with Crippen LogP contribution in [0.5, 0.6) is 5.75 Å². The molecule has 0 aromatic heterocycles. The van der Waals surface area contributed by atoms with E-state index in [1.807, 2.05) is 6.92 Å². The number of sulfonamides is 1. The van der Waals surface area contributed by atoms with Gasteiger partial charge in [-0.25, -0.2) is 13.1 Å². The number of methoxy groups -OCH3 is 1. The summed E-state index contributed by atoms with van der Waals surface area (Å²) in [5.41, 5.74) is 0.782. The van der Waals surface area contributed by atoms with Gasteiger partial charge in [0.15, 0.2) is 0 Å². The highest BCUT2D eigenvalue weighted by Gasteiger charge is 2.14. The molecule has 1 atom stereocenters. The zero-order valence-electron chi connectivity index (χ0n) is 12.2. The van der Waals surface area contributed by atoms with Crippen molar-refractivity contribution in [1.82, 2.24) is 4.72 Å². The van der Waals surface area contributed by atoms with Gasteiger partial charge in [-0.2, -0.15) is 0 Å². The number of aliphatic hydroxyl groups is 1. The van der Waals surface area contributed by atoms with E-state index >= 15 is 0 Å². The summed E-state index contributed by atoms with van der Waals surface area (Å²) in [4.78, 5) is 0.242. The third-order valence-electron chi connectivity index (χ3n) is 3.15. The predicted octanol–water partition coefficient (Wildman–Crippen LogP) is 1.69. The van der Waals surface area contributed by atoms with Gasteiger partial charge in [0.25, 0.3) is 0 Å². The predicted molar refractivity (Wildman–Crippen MR) is 78.4 cm³/mol. The van der Waals surface area contributed by atoms with Crippen LogP contribution in [0.15, 0.2) is 23.1 Å². The van der Waals surface area contributed by atoms with Gasteiger partial charge >= 0.3 is 0 Å². The third-order valence-corrected chi connectivity index (χ3v) is 4.61. The summed E-state index contributed by atoms with van der Waals surface area (Å²) in [5.74, 6) is 0.864. The molecule has 1 rings (SSSR count). The highest BCUT2D eigenvalue weighted by Crippen LogP contribution is 2.21. The van der Waals surface area contributed by atoms with Crippen molar-refractivity contribution in [2.24, 2.45) is 5.92 Å². The minimum absolute atomic E-state index is 0.129. The van der Waals surface area contributed by atoms with Crippen LogP contribution in [0.4, 0.5) is 0 Å². The first-order chi connectivity index (χ1) is 9.40. The summed E-state index contributed by atoms with van der Waals surface area (Å²) in [7, 11) is -1.93. The van der Waals surface area contributed by atoms with Gasteiger partial charge in [-0.3, -0.25) is 0 Å². The molecule has 0 aliphatic rings. The fourth-order valence-corrected chi connectivity index (χ4v) is 3.01. The van der Waals surface area contributed by atoms with Crippen molar-refractivity contribution < 1.29 is 18.3 Å². The lowest BCUT2D eigenvalue weighted by molar-refractivity contribution is 0.228. The number of benzene rings is 1. The van der Waals surface area contributed by atoms with Crippen LogP contribution >= 0.6 is 0 Å². The minimum atomic E-state index is -3.48. The number of rotatable bonds is 8. The molecule has 1 aromatic rings. The zero-order valence-corrected chi connectivity index (χ0v) is 13.0. The molecule has 0 spiro atoms. The Balaban J connectivity index is 2.62. The van der Waals surface area contributed by atoms with Crippen LogP contribution in [-0.2, 0) is 10.0 Å². The Morgan fingerprint density at radius 3 is 2.65 bits per heavy atom. The van der Waals surface area contributed by atoms with Crippen molar-refractivity contribution in [2.45, 2.75) is 31.6 Å². The first-order valence-corrected chi connectivity index (χ1v) is 8.14. The summed E-state index contributed by atoms with van der Waals surface area (Å²) < 4.78 is 31.9. The van der Waals surface area contributed by atoms with Crippen molar-refractivity contribution in [2.75, 3.05) is 20.3 Å². The smallest absolute Gasteiger partial charge is 0.240 e. The summed E-state index contributed by atoms with van der Waals surface area (Å²) in [5, 5.41) is 8.90. The molecule has 5 nitrogen and oxygen atoms in total. The normalized spacial score (nSPS) is 13.2. The molecule has 1 aromatic carbocycles. The second kappa shape index (κ2) is 7.61. The number of ether oxygens (including phenoxy) is 1. The van der Waals surface area contributed by atoms with Crippen molar-refractivity contribution in [3.05, 3.63) is 23.8 Å². The van der Waals surface area contributed by atoms with E-state index in [9.17, 15) is 8.42 Å². The van der Waals surface area contributed by atoms with Crippen molar-refractivity contribution in [3.63, 3.8) is 0 Å². The molecule has 0 heterocycles. The quantitative estimate of drug-likeness (QED) is 0.717. The van der Waals surface area contributed by atoms with Gasteiger partial charge < -0.3 is 9.84 Å². The van der Waals surface area contributed by atoms with Gasteiger partial charge in [0, 0.05) is 13.2 Å². The summed E-state index contributed by atoms with van der Waals surface area (Å²) in [6.45, 7) is 4.24. The van der Waals surface area contributed by atoms with Gasteiger partial charge in [-0.15, -0.1) is 0 Å². The second-order valence-electron chi connectivity index (χ2n) is 4.96. The molecule has 114 valence electrons. The van der Waals surface area contributed by atoms with E-state index in [2.05, 4.69) is 4.72 Å². The first-order valence-electron chi connectivity index (χ1n) is 6.66. The van der Waals surface area contributed by atoms with E-state index in [0.717, 1.165) is 12.0 Å². The fourth-order valence-electron chi connectivity index (χ4n) is 1.85. The van der Waals surface area contributed by atoms with E-state index in [-0.39, 0.29) is 17.4 Å². The molecule has 6 heteroatoms. The molecule has 0 aliphatic carbocycles. The first kappa shape index (κ1) is 16.9. The molecule has 20 heavy (non-hydrogen) atoms. The Hall–Kier alpha value is -1.11. The average Bonchev–Trinajstić information content (AvgIpc) is 2.43. The maximum Gasteiger partial charge on any atom is 0.240 e. The molecule has 0 aliphatic heterocycles. The van der Waals surface area contributed by atoms with E-state index in [0.29, 0.717) is 18.7 Å². The number of nitrogens with one attached hydrogen (secondary N) is 1. The number of aliphatic hydroxyl groups excluding tert-OH is 1. The Kier molecular flexibility index (Phi) is 6.45. The minimum Gasteiger partial charge on any atom is -0.496 e. The Morgan fingerprint density at radius 2 is 2.10 bits per heavy atom. The highest BCUT2D eigenvalue weighted by molar-refractivity contribution is 7.89. The Labute approximate surface area is 121 Å². The number of hydrogen-bond donors (Lipinski definition) is 2. The molecule has 0 saturated heterocycles. The highest BCUT2D eigenvalue weighted by atomic mass is 32.2. The van der Waals surface area contributed by atoms with Gasteiger partial charge in [0.05, 0.1) is 12.0 Å². The molecule has 0 saturated carbocycles. The molecule has 2 N–H and O–H groups in total. The van der Waals surface area contributed by atoms with E-state index < -0.39 is 10.0 Å². The monoisotopic (exact) mass is 301 g/mol. The molecule has 1 unspecified atom stereocenters. The summed E-state index contributed by atoms with van der Waals surface area (Å²) in [6.07, 6.45) is 1.50. The largest absolute Gasteiger partial charge is 0.496 e. The van der Waals surface area contributed by atoms with Gasteiger partial charge in [-0.1, -0.05) is 6.92 Å². The van der Waals surface area contributed by atoms with E-state index in [1.165, 1.54) is 6.07 Å². The van der Waals surface area contributed by atoms with Crippen molar-refractivity contribution in [1.29, 1.82) is 0 Å². The van der Waals surface area contributed by atoms with Crippen LogP contribution in [0.2, 0.25) is 0 Å². The van der Waals surface area contributed by atoms with Crippen molar-refractivity contribution in [3.8, 4) is 5.75 Å². The Bertz CT molecular complexity index is 528. The van der Waals surface area contributed by atoms with Gasteiger partial charge in [0.1, 0.15) is 5.75 Å². The van der Waals surface area contributed by atoms with Crippen LogP contribution in [0.1, 0.15) is 25.3 Å². The van der Waals surface area contributed by atoms with Crippen LogP contribution in [0.25, 0.3) is 0 Å². The lowest BCUT2D eigenvalue weighted by atomic mass is 10.1. The van der Waals surface area contributed by atoms with Crippen LogP contribution in [0, 0.1) is 12.8 Å². The maximum absolute atomic E-state index is 12.1. The average molecular weight is 301 g/mol. The summed E-state index contributed by atoms with van der Waals surface area (Å²) in [6, 6.07) is 4.78. The lowest BCUT2D eigenvalue weighted by Gasteiger charge is -2.11. The summed E-state index contributed by atoms with van der Waals surface area (Å²) >= 11 is 0. The second-order valence-corrected chi connectivity index (χ2v) is 6.73. The zero-order chi connectivity index (χ0) is 15.2. The molecule has 0 bridgehead atoms. The fraction of sp³-hybridized carbons (Fsp3) is 0.571. The number of aryl methyl sites for hydroxylation is 1. The van der Waals surface area contributed by atoms with Crippen LogP contribution in [0.3, 0.4) is 0 Å². The molecule has 0 amide bonds. The third kappa shape index (κ3) is 4.77.